The molecule has 2 aromatic rings. The maximum atomic E-state index is 11.5. The van der Waals surface area contributed by atoms with E-state index in [1.807, 2.05) is 0 Å². The highest BCUT2D eigenvalue weighted by molar-refractivity contribution is 5.89. The maximum Gasteiger partial charge on any atom is 0.412 e. The number of amides is 1. The first kappa shape index (κ1) is 13.9. The predicted octanol–water partition coefficient (Wildman–Crippen LogP) is 2.22. The van der Waals surface area contributed by atoms with E-state index in [9.17, 15) is 4.79 Å². The van der Waals surface area contributed by atoms with Gasteiger partial charge in [-0.15, -0.1) is 0 Å². The first-order valence-corrected chi connectivity index (χ1v) is 6.02. The summed E-state index contributed by atoms with van der Waals surface area (Å²) in [5.41, 5.74) is 1.14. The van der Waals surface area contributed by atoms with Crippen molar-refractivity contribution in [3.05, 3.63) is 18.2 Å². The molecule has 0 unspecified atom stereocenters. The lowest BCUT2D eigenvalue weighted by molar-refractivity contribution is 0.167. The van der Waals surface area contributed by atoms with Gasteiger partial charge in [0.15, 0.2) is 5.82 Å². The molecule has 106 valence electrons. The average Bonchev–Trinajstić information content (AvgIpc) is 2.46. The molecule has 1 heterocycles. The highest BCUT2D eigenvalue weighted by atomic mass is 16.5. The third-order valence-corrected chi connectivity index (χ3v) is 2.54. The van der Waals surface area contributed by atoms with E-state index >= 15 is 0 Å². The van der Waals surface area contributed by atoms with Crippen molar-refractivity contribution < 1.29 is 19.0 Å². The largest absolute Gasteiger partial charge is 0.494 e. The molecular weight excluding hydrogens is 262 g/mol. The SMILES string of the molecule is CCOC(=O)Nc1nc2cccc(OC)c2nc1OC. The van der Waals surface area contributed by atoms with E-state index in [1.54, 1.807) is 32.2 Å². The summed E-state index contributed by atoms with van der Waals surface area (Å²) in [6.07, 6.45) is -0.609. The molecule has 1 aromatic carbocycles. The normalized spacial score (nSPS) is 10.2. The van der Waals surface area contributed by atoms with Crippen LogP contribution in [0.4, 0.5) is 10.6 Å². The molecule has 0 atom stereocenters. The molecule has 0 bridgehead atoms. The Morgan fingerprint density at radius 2 is 2.05 bits per heavy atom. The zero-order valence-corrected chi connectivity index (χ0v) is 11.5. The van der Waals surface area contributed by atoms with Gasteiger partial charge in [0.05, 0.1) is 26.3 Å². The molecule has 0 aliphatic rings. The minimum Gasteiger partial charge on any atom is -0.494 e. The fraction of sp³-hybridized carbons (Fsp3) is 0.308. The molecule has 1 amide bonds. The van der Waals surface area contributed by atoms with E-state index in [0.29, 0.717) is 16.8 Å². The van der Waals surface area contributed by atoms with E-state index in [1.165, 1.54) is 7.11 Å². The smallest absolute Gasteiger partial charge is 0.412 e. The molecule has 0 saturated carbocycles. The Morgan fingerprint density at radius 3 is 2.70 bits per heavy atom. The summed E-state index contributed by atoms with van der Waals surface area (Å²) in [5.74, 6) is 0.970. The number of benzene rings is 1. The number of hydrogen-bond donors (Lipinski definition) is 1. The number of aromatic nitrogens is 2. The Morgan fingerprint density at radius 1 is 1.25 bits per heavy atom. The van der Waals surface area contributed by atoms with Crippen molar-refractivity contribution in [2.45, 2.75) is 6.92 Å². The van der Waals surface area contributed by atoms with Crippen molar-refractivity contribution in [2.75, 3.05) is 26.1 Å². The molecule has 7 nitrogen and oxygen atoms in total. The average molecular weight is 277 g/mol. The number of fused-ring (bicyclic) bond motifs is 1. The van der Waals surface area contributed by atoms with Crippen LogP contribution in [0.25, 0.3) is 11.0 Å². The van der Waals surface area contributed by atoms with Gasteiger partial charge in [-0.3, -0.25) is 5.32 Å². The number of para-hydroxylation sites is 1. The fourth-order valence-electron chi connectivity index (χ4n) is 1.69. The van der Waals surface area contributed by atoms with Gasteiger partial charge < -0.3 is 14.2 Å². The minimum absolute atomic E-state index is 0.190. The lowest BCUT2D eigenvalue weighted by atomic mass is 10.3. The van der Waals surface area contributed by atoms with Gasteiger partial charge in [0, 0.05) is 0 Å². The Balaban J connectivity index is 2.47. The number of hydrogen-bond acceptors (Lipinski definition) is 6. The fourth-order valence-corrected chi connectivity index (χ4v) is 1.69. The number of rotatable bonds is 4. The number of methoxy groups -OCH3 is 2. The van der Waals surface area contributed by atoms with Gasteiger partial charge >= 0.3 is 6.09 Å². The topological polar surface area (TPSA) is 82.6 Å². The zero-order chi connectivity index (χ0) is 14.5. The molecule has 0 aliphatic heterocycles. The van der Waals surface area contributed by atoms with Crippen LogP contribution < -0.4 is 14.8 Å². The Labute approximate surface area is 115 Å². The van der Waals surface area contributed by atoms with E-state index in [-0.39, 0.29) is 18.3 Å². The monoisotopic (exact) mass is 277 g/mol. The quantitative estimate of drug-likeness (QED) is 0.922. The van der Waals surface area contributed by atoms with E-state index in [0.717, 1.165) is 0 Å². The second-order valence-electron chi connectivity index (χ2n) is 3.75. The minimum atomic E-state index is -0.609. The van der Waals surface area contributed by atoms with Gasteiger partial charge in [0.2, 0.25) is 0 Å². The van der Waals surface area contributed by atoms with Crippen LogP contribution >= 0.6 is 0 Å². The van der Waals surface area contributed by atoms with E-state index in [4.69, 9.17) is 14.2 Å². The number of carbonyl (C=O) groups excluding carboxylic acids is 1. The summed E-state index contributed by atoms with van der Waals surface area (Å²) in [4.78, 5) is 20.1. The molecule has 20 heavy (non-hydrogen) atoms. The van der Waals surface area contributed by atoms with Crippen LogP contribution in [-0.2, 0) is 4.74 Å². The van der Waals surface area contributed by atoms with Crippen molar-refractivity contribution in [3.8, 4) is 11.6 Å². The molecule has 7 heteroatoms. The summed E-state index contributed by atoms with van der Waals surface area (Å²) in [6.45, 7) is 1.98. The first-order valence-electron chi connectivity index (χ1n) is 6.02. The molecule has 2 rings (SSSR count). The lowest BCUT2D eigenvalue weighted by Crippen LogP contribution is -2.15. The van der Waals surface area contributed by atoms with Crippen LogP contribution in [0.2, 0.25) is 0 Å². The highest BCUT2D eigenvalue weighted by Gasteiger charge is 2.14. The third-order valence-electron chi connectivity index (χ3n) is 2.54. The molecule has 0 fully saturated rings. The van der Waals surface area contributed by atoms with E-state index in [2.05, 4.69) is 15.3 Å². The summed E-state index contributed by atoms with van der Waals surface area (Å²) in [5, 5.41) is 2.49. The first-order chi connectivity index (χ1) is 9.69. The molecule has 0 saturated heterocycles. The summed E-state index contributed by atoms with van der Waals surface area (Å²) < 4.78 is 15.2. The standard InChI is InChI=1S/C13H15N3O4/c1-4-20-13(17)16-11-12(19-3)15-10-8(14-11)6-5-7-9(10)18-2/h5-7H,4H2,1-3H3,(H,14,16,17). The molecule has 1 N–H and O–H groups in total. The van der Waals surface area contributed by atoms with Crippen molar-refractivity contribution >= 4 is 22.9 Å². The highest BCUT2D eigenvalue weighted by Crippen LogP contribution is 2.28. The Kier molecular flexibility index (Phi) is 4.19. The van der Waals surface area contributed by atoms with Gasteiger partial charge in [-0.1, -0.05) is 6.07 Å². The maximum absolute atomic E-state index is 11.5. The summed E-state index contributed by atoms with van der Waals surface area (Å²) in [6, 6.07) is 5.33. The number of ether oxygens (including phenoxy) is 3. The van der Waals surface area contributed by atoms with Crippen molar-refractivity contribution in [1.29, 1.82) is 0 Å². The van der Waals surface area contributed by atoms with Crippen LogP contribution in [0.15, 0.2) is 18.2 Å². The van der Waals surface area contributed by atoms with Gasteiger partial charge in [-0.2, -0.15) is 0 Å². The van der Waals surface area contributed by atoms with Crippen LogP contribution in [0.1, 0.15) is 6.92 Å². The van der Waals surface area contributed by atoms with Crippen LogP contribution in [0.5, 0.6) is 11.6 Å². The summed E-state index contributed by atoms with van der Waals surface area (Å²) >= 11 is 0. The third kappa shape index (κ3) is 2.71. The second kappa shape index (κ2) is 6.05. The number of nitrogens with one attached hydrogen (secondary N) is 1. The number of anilines is 1. The van der Waals surface area contributed by atoms with Crippen molar-refractivity contribution in [1.82, 2.24) is 9.97 Å². The van der Waals surface area contributed by atoms with Gasteiger partial charge in [-0.05, 0) is 19.1 Å². The molecule has 1 aromatic heterocycles. The second-order valence-corrected chi connectivity index (χ2v) is 3.75. The van der Waals surface area contributed by atoms with Crippen molar-refractivity contribution in [2.24, 2.45) is 0 Å². The Hall–Kier alpha value is -2.57. The Bertz CT molecular complexity index is 630. The van der Waals surface area contributed by atoms with E-state index < -0.39 is 6.09 Å². The van der Waals surface area contributed by atoms with Gasteiger partial charge in [0.1, 0.15) is 11.3 Å². The van der Waals surface area contributed by atoms with Gasteiger partial charge in [-0.25, -0.2) is 14.8 Å². The van der Waals surface area contributed by atoms with Gasteiger partial charge in [0.25, 0.3) is 5.88 Å². The predicted molar refractivity (Wildman–Crippen MR) is 73.3 cm³/mol. The zero-order valence-electron chi connectivity index (χ0n) is 11.5. The molecular formula is C13H15N3O4. The molecule has 0 aliphatic carbocycles. The molecule has 0 radical (unpaired) electrons. The number of carbonyl (C=O) groups is 1. The van der Waals surface area contributed by atoms with Crippen molar-refractivity contribution in [3.63, 3.8) is 0 Å². The lowest BCUT2D eigenvalue weighted by Gasteiger charge is -2.11. The summed E-state index contributed by atoms with van der Waals surface area (Å²) in [7, 11) is 3.00. The van der Waals surface area contributed by atoms with Crippen LogP contribution in [0.3, 0.4) is 0 Å². The number of nitrogens with zero attached hydrogens (tertiary/aromatic N) is 2. The van der Waals surface area contributed by atoms with Crippen LogP contribution in [0, 0.1) is 0 Å². The van der Waals surface area contributed by atoms with Crippen LogP contribution in [-0.4, -0.2) is 36.9 Å². The molecule has 0 spiro atoms.